The van der Waals surface area contributed by atoms with Crippen LogP contribution < -0.4 is 0 Å². The summed E-state index contributed by atoms with van der Waals surface area (Å²) in [5.74, 6) is 6.24. The van der Waals surface area contributed by atoms with Crippen LogP contribution in [-0.2, 0) is 38.1 Å². The summed E-state index contributed by atoms with van der Waals surface area (Å²) in [6.45, 7) is 84.9. The summed E-state index contributed by atoms with van der Waals surface area (Å²) in [6.07, 6.45) is 2.90. The molecule has 2 rings (SSSR count). The normalized spacial score (nSPS) is 15.4. The molecule has 1 radical (unpaired) electrons. The van der Waals surface area contributed by atoms with Crippen molar-refractivity contribution in [1.29, 1.82) is 0 Å². The molecule has 371 valence electrons. The zero-order chi connectivity index (χ0) is 50.9. The minimum Gasteiger partial charge on any atom is -0.314 e. The van der Waals surface area contributed by atoms with E-state index in [1.165, 1.54) is 35.8 Å². The van der Waals surface area contributed by atoms with E-state index in [0.29, 0.717) is 43.8 Å². The van der Waals surface area contributed by atoms with Crippen LogP contribution in [0.1, 0.15) is 293 Å². The summed E-state index contributed by atoms with van der Waals surface area (Å²) in [5, 5.41) is 0. The Morgan fingerprint density at radius 1 is 0.459 bits per heavy atom. The summed E-state index contributed by atoms with van der Waals surface area (Å²) in [4.78, 5) is 0. The molecule has 0 heterocycles. The van der Waals surface area contributed by atoms with E-state index in [-0.39, 0.29) is 38.1 Å². The minimum atomic E-state index is 0. The topological polar surface area (TPSA) is 0 Å². The van der Waals surface area contributed by atoms with Crippen LogP contribution in [0.5, 0.6) is 0 Å². The summed E-state index contributed by atoms with van der Waals surface area (Å²) in [6, 6.07) is 8.75. The Kier molecular flexibility index (Phi) is 44.5. The molecular formula is C60H126Y-2. The molecule has 0 aliphatic heterocycles. The van der Waals surface area contributed by atoms with Crippen LogP contribution >= 0.6 is 0 Å². The molecule has 1 aliphatic carbocycles. The van der Waals surface area contributed by atoms with Gasteiger partial charge in [0.1, 0.15) is 0 Å². The third kappa shape index (κ3) is 33.4. The van der Waals surface area contributed by atoms with Crippen LogP contribution in [0.4, 0.5) is 0 Å². The average Bonchev–Trinajstić information content (AvgIpc) is 3.05. The van der Waals surface area contributed by atoms with E-state index < -0.39 is 0 Å². The molecule has 1 fully saturated rings. The summed E-state index contributed by atoms with van der Waals surface area (Å²) >= 11 is 0. The molecule has 1 aromatic rings. The van der Waals surface area contributed by atoms with Gasteiger partial charge in [-0.15, -0.1) is 0 Å². The monoisotopic (exact) mass is 936 g/mol. The van der Waals surface area contributed by atoms with E-state index in [1.807, 2.05) is 55.4 Å². The first-order valence-electron chi connectivity index (χ1n) is 25.2. The molecule has 1 saturated carbocycles. The van der Waals surface area contributed by atoms with Crippen molar-refractivity contribution < 1.29 is 32.7 Å². The van der Waals surface area contributed by atoms with Crippen LogP contribution in [-0.4, -0.2) is 0 Å². The third-order valence-electron chi connectivity index (χ3n) is 13.8. The van der Waals surface area contributed by atoms with Gasteiger partial charge in [0, 0.05) is 32.7 Å². The average molecular weight is 937 g/mol. The molecule has 0 bridgehead atoms. The van der Waals surface area contributed by atoms with Gasteiger partial charge in [-0.25, -0.2) is 0 Å². The molecule has 1 aromatic carbocycles. The van der Waals surface area contributed by atoms with Crippen molar-refractivity contribution in [3.8, 4) is 0 Å². The van der Waals surface area contributed by atoms with Crippen LogP contribution in [0, 0.1) is 67.5 Å². The second-order valence-corrected chi connectivity index (χ2v) is 24.8. The van der Waals surface area contributed by atoms with Crippen molar-refractivity contribution in [1.82, 2.24) is 0 Å². The standard InChI is InChI=1S/C13H20.C13H28.C12H24.2C7H15.4C2H6.Y/c1-10(2)11-8-6-7-9-12(11)13(3,4)5;1-10(2)12(6,7)13(8,9)11(3,4)5;1-11(2,3)9-7-8-10(9)12(4,5)6;2*1-6(2)7(3,4)5;4*1-2;/h6-10H,1-5H3;10H,1-9H3;9-10H,7-8H2,1-6H3;2*1-5H3;4*1-2H3;/q;;;2*-1;;;;;. The molecule has 1 heteroatoms. The fraction of sp³-hybridized carbons (Fsp3) is 0.867. The third-order valence-corrected chi connectivity index (χ3v) is 13.8. The van der Waals surface area contributed by atoms with E-state index in [1.54, 1.807) is 0 Å². The van der Waals surface area contributed by atoms with Crippen molar-refractivity contribution in [2.24, 2.45) is 55.7 Å². The number of benzene rings is 1. The van der Waals surface area contributed by atoms with Crippen molar-refractivity contribution in [3.63, 3.8) is 0 Å². The fourth-order valence-corrected chi connectivity index (χ4v) is 5.94. The second kappa shape index (κ2) is 34.6. The van der Waals surface area contributed by atoms with Gasteiger partial charge in [-0.3, -0.25) is 0 Å². The molecule has 0 N–H and O–H groups in total. The predicted molar refractivity (Wildman–Crippen MR) is 290 cm³/mol. The smallest absolute Gasteiger partial charge is 0 e. The van der Waals surface area contributed by atoms with Gasteiger partial charge >= 0.3 is 0 Å². The zero-order valence-electron chi connectivity index (χ0n) is 50.6. The Bertz CT molecular complexity index is 1040. The van der Waals surface area contributed by atoms with Gasteiger partial charge < -0.3 is 11.8 Å². The SMILES string of the molecule is CC.CC.CC.CC.CC(C)(C)C1CCC1C(C)(C)C.CC(C)C(C)(C)C(C)(C)C(C)(C)C.CC(C)c1ccccc1C(C)(C)C.C[C-](C)C(C)(C)C.C[C-](C)C(C)(C)C.[Y]. The number of rotatable bonds is 3. The molecule has 61 heavy (non-hydrogen) atoms. The molecule has 0 spiro atoms. The first-order valence-corrected chi connectivity index (χ1v) is 25.2. The number of hydrogen-bond donors (Lipinski definition) is 0. The van der Waals surface area contributed by atoms with Gasteiger partial charge in [0.25, 0.3) is 0 Å². The van der Waals surface area contributed by atoms with Crippen molar-refractivity contribution in [3.05, 3.63) is 47.2 Å². The summed E-state index contributed by atoms with van der Waals surface area (Å²) in [7, 11) is 0. The van der Waals surface area contributed by atoms with E-state index >= 15 is 0 Å². The van der Waals surface area contributed by atoms with E-state index in [2.05, 4.69) is 232 Å². The Hall–Kier alpha value is 0.324. The Morgan fingerprint density at radius 3 is 0.820 bits per heavy atom. The van der Waals surface area contributed by atoms with E-state index in [4.69, 9.17) is 0 Å². The van der Waals surface area contributed by atoms with Gasteiger partial charge in [-0.1, -0.05) is 260 Å². The molecule has 0 nitrogen and oxygen atoms in total. The van der Waals surface area contributed by atoms with Gasteiger partial charge in [0.05, 0.1) is 0 Å². The Morgan fingerprint density at radius 2 is 0.705 bits per heavy atom. The molecule has 0 aromatic heterocycles. The Balaban J connectivity index is -0.0000000933. The van der Waals surface area contributed by atoms with Crippen molar-refractivity contribution in [2.75, 3.05) is 0 Å². The van der Waals surface area contributed by atoms with Crippen molar-refractivity contribution >= 4 is 0 Å². The Labute approximate surface area is 420 Å². The predicted octanol–water partition coefficient (Wildman–Crippen LogP) is 22.3. The molecule has 0 saturated heterocycles. The fourth-order valence-electron chi connectivity index (χ4n) is 5.94. The van der Waals surface area contributed by atoms with Crippen molar-refractivity contribution in [2.45, 2.75) is 287 Å². The van der Waals surface area contributed by atoms with Gasteiger partial charge in [-0.05, 0) is 80.1 Å². The first-order chi connectivity index (χ1) is 26.5. The molecular weight excluding hydrogens is 810 g/mol. The molecule has 0 amide bonds. The molecule has 1 aliphatic rings. The maximum atomic E-state index is 2.40. The first kappa shape index (κ1) is 78.5. The largest absolute Gasteiger partial charge is 0.314 e. The molecule has 2 unspecified atom stereocenters. The zero-order valence-corrected chi connectivity index (χ0v) is 53.4. The molecule has 2 atom stereocenters. The summed E-state index contributed by atoms with van der Waals surface area (Å²) in [5.41, 5.74) is 6.20. The van der Waals surface area contributed by atoms with Crippen LogP contribution in [0.2, 0.25) is 0 Å². The van der Waals surface area contributed by atoms with E-state index in [0.717, 1.165) is 17.8 Å². The van der Waals surface area contributed by atoms with Gasteiger partial charge in [0.2, 0.25) is 0 Å². The van der Waals surface area contributed by atoms with Gasteiger partial charge in [-0.2, -0.15) is 38.5 Å². The van der Waals surface area contributed by atoms with Crippen LogP contribution in [0.3, 0.4) is 0 Å². The second-order valence-electron chi connectivity index (χ2n) is 24.8. The van der Waals surface area contributed by atoms with E-state index in [9.17, 15) is 0 Å². The quantitative estimate of drug-likeness (QED) is 0.265. The summed E-state index contributed by atoms with van der Waals surface area (Å²) < 4.78 is 0. The van der Waals surface area contributed by atoms with Crippen LogP contribution in [0.15, 0.2) is 24.3 Å². The maximum Gasteiger partial charge on any atom is 0 e. The van der Waals surface area contributed by atoms with Gasteiger partial charge in [0.15, 0.2) is 0 Å². The number of hydrogen-bond acceptors (Lipinski definition) is 0. The van der Waals surface area contributed by atoms with Crippen LogP contribution in [0.25, 0.3) is 0 Å². The maximum absolute atomic E-state index is 2.40. The minimum absolute atomic E-state index is 0.